The van der Waals surface area contributed by atoms with Gasteiger partial charge in [0.15, 0.2) is 5.82 Å². The van der Waals surface area contributed by atoms with Crippen molar-refractivity contribution in [1.82, 2.24) is 4.98 Å². The summed E-state index contributed by atoms with van der Waals surface area (Å²) in [6.07, 6.45) is 1.37. The third-order valence-corrected chi connectivity index (χ3v) is 1.36. The first-order valence-corrected chi connectivity index (χ1v) is 3.43. The SMILES string of the molecule is C=C(C)C(=O)c1ncccc1F. The second kappa shape index (κ2) is 3.26. The Labute approximate surface area is 69.7 Å². The van der Waals surface area contributed by atoms with Gasteiger partial charge in [0.25, 0.3) is 0 Å². The van der Waals surface area contributed by atoms with Crippen molar-refractivity contribution in [3.63, 3.8) is 0 Å². The number of nitrogens with zero attached hydrogens (tertiary/aromatic N) is 1. The summed E-state index contributed by atoms with van der Waals surface area (Å²) in [5, 5.41) is 0. The Morgan fingerprint density at radius 1 is 1.67 bits per heavy atom. The van der Waals surface area contributed by atoms with Gasteiger partial charge in [-0.25, -0.2) is 9.37 Å². The van der Waals surface area contributed by atoms with Gasteiger partial charge in [-0.1, -0.05) is 6.58 Å². The number of carbonyl (C=O) groups is 1. The minimum Gasteiger partial charge on any atom is -0.287 e. The highest BCUT2D eigenvalue weighted by Crippen LogP contribution is 2.07. The number of allylic oxidation sites excluding steroid dienone is 1. The molecule has 3 heteroatoms. The number of Topliss-reactive ketones (excluding diaryl/α,β-unsaturated/α-hetero) is 1. The van der Waals surface area contributed by atoms with Gasteiger partial charge in [-0.05, 0) is 24.6 Å². The van der Waals surface area contributed by atoms with Crippen LogP contribution in [-0.4, -0.2) is 10.8 Å². The molecule has 0 aliphatic rings. The topological polar surface area (TPSA) is 30.0 Å². The van der Waals surface area contributed by atoms with E-state index >= 15 is 0 Å². The molecule has 0 amide bonds. The molecule has 62 valence electrons. The van der Waals surface area contributed by atoms with Gasteiger partial charge in [0.1, 0.15) is 5.69 Å². The quantitative estimate of drug-likeness (QED) is 0.495. The van der Waals surface area contributed by atoms with Crippen LogP contribution >= 0.6 is 0 Å². The van der Waals surface area contributed by atoms with E-state index in [4.69, 9.17) is 0 Å². The van der Waals surface area contributed by atoms with Crippen LogP contribution in [0.15, 0.2) is 30.5 Å². The molecule has 1 rings (SSSR count). The molecule has 0 radical (unpaired) electrons. The van der Waals surface area contributed by atoms with E-state index in [2.05, 4.69) is 11.6 Å². The Balaban J connectivity index is 3.11. The lowest BCUT2D eigenvalue weighted by Crippen LogP contribution is -2.05. The number of hydrogen-bond acceptors (Lipinski definition) is 2. The van der Waals surface area contributed by atoms with Crippen LogP contribution in [0.4, 0.5) is 4.39 Å². The Kier molecular flexibility index (Phi) is 2.33. The van der Waals surface area contributed by atoms with Gasteiger partial charge in [0, 0.05) is 6.20 Å². The molecule has 1 aromatic heterocycles. The number of carbonyl (C=O) groups excluding carboxylic acids is 1. The van der Waals surface area contributed by atoms with E-state index in [0.717, 1.165) is 0 Å². The number of aromatic nitrogens is 1. The largest absolute Gasteiger partial charge is 0.287 e. The normalized spacial score (nSPS) is 9.50. The smallest absolute Gasteiger partial charge is 0.209 e. The van der Waals surface area contributed by atoms with E-state index < -0.39 is 11.6 Å². The van der Waals surface area contributed by atoms with Crippen LogP contribution in [0.2, 0.25) is 0 Å². The standard InChI is InChI=1S/C9H8FNO/c1-6(2)9(12)8-7(10)4-3-5-11-8/h3-5H,1H2,2H3. The van der Waals surface area contributed by atoms with Crippen molar-refractivity contribution in [2.75, 3.05) is 0 Å². The minimum absolute atomic E-state index is 0.162. The molecule has 0 unspecified atom stereocenters. The summed E-state index contributed by atoms with van der Waals surface area (Å²) >= 11 is 0. The molecule has 0 fully saturated rings. The lowest BCUT2D eigenvalue weighted by molar-refractivity contribution is 0.102. The van der Waals surface area contributed by atoms with Crippen LogP contribution in [-0.2, 0) is 0 Å². The molecular weight excluding hydrogens is 157 g/mol. The molecular formula is C9H8FNO. The predicted octanol–water partition coefficient (Wildman–Crippen LogP) is 1.98. The van der Waals surface area contributed by atoms with Gasteiger partial charge >= 0.3 is 0 Å². The molecule has 0 bridgehead atoms. The molecule has 0 atom stereocenters. The first-order chi connectivity index (χ1) is 5.63. The van der Waals surface area contributed by atoms with Crippen LogP contribution in [0, 0.1) is 5.82 Å². The van der Waals surface area contributed by atoms with Crippen molar-refractivity contribution in [2.24, 2.45) is 0 Å². The van der Waals surface area contributed by atoms with Gasteiger partial charge < -0.3 is 0 Å². The lowest BCUT2D eigenvalue weighted by Gasteiger charge is -1.98. The summed E-state index contributed by atoms with van der Waals surface area (Å²) in [6, 6.07) is 2.63. The van der Waals surface area contributed by atoms with Crippen molar-refractivity contribution in [2.45, 2.75) is 6.92 Å². The van der Waals surface area contributed by atoms with Gasteiger partial charge in [0.2, 0.25) is 5.78 Å². The average molecular weight is 165 g/mol. The number of ketones is 1. The molecule has 1 heterocycles. The number of pyridine rings is 1. The fourth-order valence-electron chi connectivity index (χ4n) is 0.755. The van der Waals surface area contributed by atoms with E-state index in [0.29, 0.717) is 0 Å². The molecule has 0 spiro atoms. The maximum Gasteiger partial charge on any atom is 0.209 e. The minimum atomic E-state index is -0.606. The maximum atomic E-state index is 12.9. The molecule has 0 saturated heterocycles. The van der Waals surface area contributed by atoms with Crippen molar-refractivity contribution in [1.29, 1.82) is 0 Å². The molecule has 2 nitrogen and oxygen atoms in total. The fraction of sp³-hybridized carbons (Fsp3) is 0.111. The fourth-order valence-corrected chi connectivity index (χ4v) is 0.755. The van der Waals surface area contributed by atoms with E-state index in [9.17, 15) is 9.18 Å². The first-order valence-electron chi connectivity index (χ1n) is 3.43. The van der Waals surface area contributed by atoms with Gasteiger partial charge in [-0.2, -0.15) is 0 Å². The molecule has 0 aliphatic heterocycles. The van der Waals surface area contributed by atoms with Gasteiger partial charge in [-0.3, -0.25) is 4.79 Å². The summed E-state index contributed by atoms with van der Waals surface area (Å²) in [6.45, 7) is 4.94. The molecule has 0 aliphatic carbocycles. The van der Waals surface area contributed by atoms with Crippen molar-refractivity contribution in [3.8, 4) is 0 Å². The Hall–Kier alpha value is -1.51. The molecule has 1 aromatic rings. The molecule has 0 saturated carbocycles. The zero-order valence-electron chi connectivity index (χ0n) is 6.67. The van der Waals surface area contributed by atoms with Crippen molar-refractivity contribution in [3.05, 3.63) is 42.0 Å². The zero-order chi connectivity index (χ0) is 9.14. The van der Waals surface area contributed by atoms with Crippen LogP contribution < -0.4 is 0 Å². The van der Waals surface area contributed by atoms with Gasteiger partial charge in [0.05, 0.1) is 0 Å². The third-order valence-electron chi connectivity index (χ3n) is 1.36. The summed E-state index contributed by atoms with van der Waals surface area (Å²) < 4.78 is 12.9. The Morgan fingerprint density at radius 3 is 2.83 bits per heavy atom. The molecule has 0 aromatic carbocycles. The monoisotopic (exact) mass is 165 g/mol. The van der Waals surface area contributed by atoms with E-state index in [1.165, 1.54) is 25.3 Å². The highest BCUT2D eigenvalue weighted by molar-refractivity contribution is 6.06. The van der Waals surface area contributed by atoms with E-state index in [-0.39, 0.29) is 11.3 Å². The van der Waals surface area contributed by atoms with Gasteiger partial charge in [-0.15, -0.1) is 0 Å². The molecule has 12 heavy (non-hydrogen) atoms. The lowest BCUT2D eigenvalue weighted by atomic mass is 10.1. The predicted molar refractivity (Wildman–Crippen MR) is 43.3 cm³/mol. The van der Waals surface area contributed by atoms with Crippen LogP contribution in [0.5, 0.6) is 0 Å². The average Bonchev–Trinajstić information content (AvgIpc) is 2.04. The van der Waals surface area contributed by atoms with Crippen LogP contribution in [0.1, 0.15) is 17.4 Å². The number of hydrogen-bond donors (Lipinski definition) is 0. The summed E-state index contributed by atoms with van der Waals surface area (Å²) in [5.74, 6) is -1.06. The molecule has 0 N–H and O–H groups in total. The zero-order valence-corrected chi connectivity index (χ0v) is 6.67. The van der Waals surface area contributed by atoms with Crippen LogP contribution in [0.25, 0.3) is 0 Å². The summed E-state index contributed by atoms with van der Waals surface area (Å²) in [7, 11) is 0. The third kappa shape index (κ3) is 1.56. The second-order valence-corrected chi connectivity index (χ2v) is 2.44. The highest BCUT2D eigenvalue weighted by Gasteiger charge is 2.12. The van der Waals surface area contributed by atoms with Crippen LogP contribution in [0.3, 0.4) is 0 Å². The Morgan fingerprint density at radius 2 is 2.33 bits per heavy atom. The Bertz CT molecular complexity index is 333. The second-order valence-electron chi connectivity index (χ2n) is 2.44. The summed E-state index contributed by atoms with van der Waals surface area (Å²) in [5.41, 5.74) is 0.123. The van der Waals surface area contributed by atoms with Crippen molar-refractivity contribution < 1.29 is 9.18 Å². The maximum absolute atomic E-state index is 12.9. The number of halogens is 1. The van der Waals surface area contributed by atoms with E-state index in [1.54, 1.807) is 0 Å². The van der Waals surface area contributed by atoms with Crippen molar-refractivity contribution >= 4 is 5.78 Å². The van der Waals surface area contributed by atoms with E-state index in [1.807, 2.05) is 0 Å². The highest BCUT2D eigenvalue weighted by atomic mass is 19.1. The number of rotatable bonds is 2. The summed E-state index contributed by atoms with van der Waals surface area (Å²) in [4.78, 5) is 14.8. The first kappa shape index (κ1) is 8.59.